The Hall–Kier alpha value is -2.60. The summed E-state index contributed by atoms with van der Waals surface area (Å²) in [6.45, 7) is 1.19. The molecule has 2 bridgehead atoms. The van der Waals surface area contributed by atoms with E-state index >= 15 is 0 Å². The van der Waals surface area contributed by atoms with Crippen molar-refractivity contribution in [1.82, 2.24) is 10.2 Å². The summed E-state index contributed by atoms with van der Waals surface area (Å²) >= 11 is 0. The summed E-state index contributed by atoms with van der Waals surface area (Å²) < 4.78 is 24.0. The average molecular weight is 382 g/mol. The summed E-state index contributed by atoms with van der Waals surface area (Å²) in [5.41, 5.74) is 1.74. The van der Waals surface area contributed by atoms with Crippen molar-refractivity contribution in [1.29, 1.82) is 0 Å². The van der Waals surface area contributed by atoms with Crippen molar-refractivity contribution in [3.05, 3.63) is 59.4 Å². The van der Waals surface area contributed by atoms with Crippen LogP contribution in [-0.4, -0.2) is 35.7 Å². The van der Waals surface area contributed by atoms with E-state index in [4.69, 9.17) is 9.47 Å². The average Bonchev–Trinajstić information content (AvgIpc) is 3.24. The molecule has 1 N–H and O–H groups in total. The maximum absolute atomic E-state index is 13.1. The Morgan fingerprint density at radius 3 is 2.50 bits per heavy atom. The fourth-order valence-electron chi connectivity index (χ4n) is 4.77. The predicted molar refractivity (Wildman–Crippen MR) is 102 cm³/mol. The lowest BCUT2D eigenvalue weighted by atomic mass is 9.96. The number of nitrogens with zero attached hydrogens (tertiary/aromatic N) is 1. The number of piperidine rings is 1. The number of rotatable bonds is 4. The lowest BCUT2D eigenvalue weighted by molar-refractivity contribution is 0.0827. The molecule has 2 aromatic carbocycles. The summed E-state index contributed by atoms with van der Waals surface area (Å²) in [6.07, 6.45) is 4.23. The van der Waals surface area contributed by atoms with Crippen molar-refractivity contribution >= 4 is 5.91 Å². The molecule has 2 unspecified atom stereocenters. The largest absolute Gasteiger partial charge is 0.454 e. The molecule has 3 heterocycles. The number of carbonyl (C=O) groups excluding carboxylic acids is 1. The number of benzene rings is 2. The van der Waals surface area contributed by atoms with Crippen LogP contribution in [0.15, 0.2) is 42.5 Å². The van der Waals surface area contributed by atoms with Gasteiger partial charge in [0.15, 0.2) is 11.5 Å². The van der Waals surface area contributed by atoms with Gasteiger partial charge in [0.2, 0.25) is 6.79 Å². The van der Waals surface area contributed by atoms with Crippen molar-refractivity contribution in [2.45, 2.75) is 50.4 Å². The standard InChI is InChI=1S/C22H23FN2O3/c23-16-4-2-15(3-5-16)22(26)24-17-10-18-6-7-19(11-17)25(18)12-14-1-8-20-21(9-14)28-13-27-20/h1-5,8-9,17-19H,6-7,10-13H2,(H,24,26). The maximum Gasteiger partial charge on any atom is 0.251 e. The van der Waals surface area contributed by atoms with E-state index < -0.39 is 0 Å². The zero-order valence-corrected chi connectivity index (χ0v) is 15.6. The fraction of sp³-hybridized carbons (Fsp3) is 0.409. The number of carbonyl (C=O) groups is 1. The Bertz CT molecular complexity index is 872. The van der Waals surface area contributed by atoms with Gasteiger partial charge in [0.25, 0.3) is 5.91 Å². The lowest BCUT2D eigenvalue weighted by Gasteiger charge is -2.39. The second-order valence-electron chi connectivity index (χ2n) is 7.89. The topological polar surface area (TPSA) is 50.8 Å². The lowest BCUT2D eigenvalue weighted by Crippen LogP contribution is -2.49. The van der Waals surface area contributed by atoms with Gasteiger partial charge in [0.1, 0.15) is 5.82 Å². The van der Waals surface area contributed by atoms with E-state index in [0.717, 1.165) is 43.7 Å². The van der Waals surface area contributed by atoms with E-state index in [2.05, 4.69) is 22.3 Å². The van der Waals surface area contributed by atoms with Crippen LogP contribution in [0.4, 0.5) is 4.39 Å². The van der Waals surface area contributed by atoms with Crippen LogP contribution in [0.2, 0.25) is 0 Å². The Kier molecular flexibility index (Phi) is 4.43. The molecule has 3 aliphatic rings. The van der Waals surface area contributed by atoms with E-state index in [1.165, 1.54) is 29.8 Å². The molecular weight excluding hydrogens is 359 g/mol. The Balaban J connectivity index is 1.22. The van der Waals surface area contributed by atoms with E-state index in [1.54, 1.807) is 0 Å². The van der Waals surface area contributed by atoms with Gasteiger partial charge in [-0.15, -0.1) is 0 Å². The van der Waals surface area contributed by atoms with Gasteiger partial charge in [0.05, 0.1) is 0 Å². The van der Waals surface area contributed by atoms with E-state index in [1.807, 2.05) is 6.07 Å². The SMILES string of the molecule is O=C(NC1CC2CCC(C1)N2Cc1ccc2c(c1)OCO2)c1ccc(F)cc1. The highest BCUT2D eigenvalue weighted by atomic mass is 19.1. The number of hydrogen-bond donors (Lipinski definition) is 1. The molecule has 3 aliphatic heterocycles. The molecule has 6 heteroatoms. The first kappa shape index (κ1) is 17.5. The van der Waals surface area contributed by atoms with E-state index in [0.29, 0.717) is 24.4 Å². The minimum absolute atomic E-state index is 0.117. The van der Waals surface area contributed by atoms with Gasteiger partial charge in [-0.1, -0.05) is 6.07 Å². The molecule has 5 rings (SSSR count). The molecule has 0 radical (unpaired) electrons. The summed E-state index contributed by atoms with van der Waals surface area (Å²) in [5, 5.41) is 3.15. The Morgan fingerprint density at radius 1 is 1.04 bits per heavy atom. The highest BCUT2D eigenvalue weighted by molar-refractivity contribution is 5.94. The van der Waals surface area contributed by atoms with Crippen LogP contribution in [0.5, 0.6) is 11.5 Å². The fourth-order valence-corrected chi connectivity index (χ4v) is 4.77. The molecule has 2 atom stereocenters. The first-order valence-corrected chi connectivity index (χ1v) is 9.86. The van der Waals surface area contributed by atoms with Crippen molar-refractivity contribution in [2.75, 3.05) is 6.79 Å². The van der Waals surface area contributed by atoms with Gasteiger partial charge in [-0.2, -0.15) is 0 Å². The quantitative estimate of drug-likeness (QED) is 0.880. The number of hydrogen-bond acceptors (Lipinski definition) is 4. The van der Waals surface area contributed by atoms with Crippen LogP contribution in [0.1, 0.15) is 41.6 Å². The highest BCUT2D eigenvalue weighted by Crippen LogP contribution is 2.38. The molecule has 146 valence electrons. The van der Waals surface area contributed by atoms with Crippen molar-refractivity contribution in [3.63, 3.8) is 0 Å². The van der Waals surface area contributed by atoms with Crippen LogP contribution < -0.4 is 14.8 Å². The maximum atomic E-state index is 13.1. The van der Waals surface area contributed by atoms with Gasteiger partial charge in [-0.05, 0) is 67.6 Å². The number of nitrogens with one attached hydrogen (secondary N) is 1. The zero-order valence-electron chi connectivity index (χ0n) is 15.6. The molecule has 1 amide bonds. The minimum atomic E-state index is -0.327. The third kappa shape index (κ3) is 3.33. The van der Waals surface area contributed by atoms with Gasteiger partial charge < -0.3 is 14.8 Å². The number of ether oxygens (including phenoxy) is 2. The van der Waals surface area contributed by atoms with Crippen LogP contribution in [-0.2, 0) is 6.54 Å². The molecule has 28 heavy (non-hydrogen) atoms. The smallest absolute Gasteiger partial charge is 0.251 e. The first-order valence-electron chi connectivity index (χ1n) is 9.86. The number of fused-ring (bicyclic) bond motifs is 3. The summed E-state index contributed by atoms with van der Waals surface area (Å²) in [6, 6.07) is 13.0. The highest BCUT2D eigenvalue weighted by Gasteiger charge is 2.41. The Labute approximate surface area is 163 Å². The van der Waals surface area contributed by atoms with Crippen LogP contribution in [0.3, 0.4) is 0 Å². The molecule has 0 spiro atoms. The van der Waals surface area contributed by atoms with Crippen LogP contribution in [0, 0.1) is 5.82 Å². The molecule has 0 saturated carbocycles. The number of halogens is 1. The minimum Gasteiger partial charge on any atom is -0.454 e. The molecule has 2 aromatic rings. The van der Waals surface area contributed by atoms with Crippen molar-refractivity contribution < 1.29 is 18.7 Å². The van der Waals surface area contributed by atoms with Gasteiger partial charge in [-0.3, -0.25) is 9.69 Å². The second-order valence-corrected chi connectivity index (χ2v) is 7.89. The second kappa shape index (κ2) is 7.09. The van der Waals surface area contributed by atoms with Gasteiger partial charge >= 0.3 is 0 Å². The van der Waals surface area contributed by atoms with Crippen molar-refractivity contribution in [3.8, 4) is 11.5 Å². The molecule has 5 nitrogen and oxygen atoms in total. The van der Waals surface area contributed by atoms with Gasteiger partial charge in [-0.25, -0.2) is 4.39 Å². The summed E-state index contributed by atoms with van der Waals surface area (Å²) in [5.74, 6) is 1.19. The third-order valence-corrected chi connectivity index (χ3v) is 6.13. The van der Waals surface area contributed by atoms with Crippen LogP contribution in [0.25, 0.3) is 0 Å². The first-order chi connectivity index (χ1) is 13.7. The monoisotopic (exact) mass is 382 g/mol. The molecule has 2 fully saturated rings. The molecule has 0 aliphatic carbocycles. The molecular formula is C22H23FN2O3. The zero-order chi connectivity index (χ0) is 19.1. The van der Waals surface area contributed by atoms with Crippen molar-refractivity contribution in [2.24, 2.45) is 0 Å². The normalized spacial score (nSPS) is 25.7. The van der Waals surface area contributed by atoms with Gasteiger partial charge in [0, 0.05) is 30.2 Å². The van der Waals surface area contributed by atoms with Crippen LogP contribution >= 0.6 is 0 Å². The van der Waals surface area contributed by atoms with E-state index in [9.17, 15) is 9.18 Å². The van der Waals surface area contributed by atoms with E-state index in [-0.39, 0.29) is 17.8 Å². The number of amides is 1. The predicted octanol–water partition coefficient (Wildman–Crippen LogP) is 3.48. The molecule has 0 aromatic heterocycles. The third-order valence-electron chi connectivity index (χ3n) is 6.13. The Morgan fingerprint density at radius 2 is 1.75 bits per heavy atom. The molecule has 2 saturated heterocycles. The summed E-state index contributed by atoms with van der Waals surface area (Å²) in [4.78, 5) is 15.0. The summed E-state index contributed by atoms with van der Waals surface area (Å²) in [7, 11) is 0.